The van der Waals surface area contributed by atoms with Crippen LogP contribution in [0.4, 0.5) is 0 Å². The molecule has 0 fully saturated rings. The van der Waals surface area contributed by atoms with Gasteiger partial charge in [-0.15, -0.1) is 0 Å². The molecule has 2 rings (SSSR count). The van der Waals surface area contributed by atoms with Gasteiger partial charge in [-0.05, 0) is 13.0 Å². The molecule has 0 spiro atoms. The smallest absolute Gasteiger partial charge is 0.300 e. The molecule has 0 atom stereocenters. The molecule has 2 aromatic heterocycles. The van der Waals surface area contributed by atoms with Crippen LogP contribution in [0.3, 0.4) is 0 Å². The summed E-state index contributed by atoms with van der Waals surface area (Å²) in [5.74, 6) is 0. The lowest BCUT2D eigenvalue weighted by atomic mass is 10.1. The number of nitrogens with zero attached hydrogens (tertiary/aromatic N) is 4. The molecule has 0 saturated heterocycles. The molecule has 0 amide bonds. The average Bonchev–Trinajstić information content (AvgIpc) is 2.71. The fraction of sp³-hybridized carbons (Fsp3) is 0.364. The van der Waals surface area contributed by atoms with Crippen LogP contribution < -0.4 is 11.2 Å². The van der Waals surface area contributed by atoms with Gasteiger partial charge in [-0.1, -0.05) is 0 Å². The van der Waals surface area contributed by atoms with Crippen LogP contribution in [0.1, 0.15) is 5.69 Å². The highest BCUT2D eigenvalue weighted by Crippen LogP contribution is 2.16. The van der Waals surface area contributed by atoms with Crippen LogP contribution >= 0.6 is 0 Å². The molecule has 0 aliphatic heterocycles. The molecule has 0 aromatic carbocycles. The van der Waals surface area contributed by atoms with Gasteiger partial charge < -0.3 is 4.57 Å². The summed E-state index contributed by atoms with van der Waals surface area (Å²) in [7, 11) is 4.89. The first-order chi connectivity index (χ1) is 7.95. The standard InChI is InChI=1S/C11H14N4O2/c1-7-9(8-5-6-12-15(8)4)10(16)14(3)11(17)13(7)2/h5-6H,1-4H3. The number of rotatable bonds is 1. The largest absolute Gasteiger partial charge is 0.330 e. The Kier molecular flexibility index (Phi) is 2.49. The Hall–Kier alpha value is -2.11. The van der Waals surface area contributed by atoms with E-state index in [2.05, 4.69) is 5.10 Å². The molecule has 2 aromatic rings. The molecule has 0 aliphatic carbocycles. The Bertz CT molecular complexity index is 690. The molecule has 0 saturated carbocycles. The van der Waals surface area contributed by atoms with Crippen LogP contribution in [0.15, 0.2) is 21.9 Å². The van der Waals surface area contributed by atoms with E-state index in [1.165, 1.54) is 11.6 Å². The molecule has 0 radical (unpaired) electrons. The Morgan fingerprint density at radius 1 is 1.12 bits per heavy atom. The lowest BCUT2D eigenvalue weighted by Crippen LogP contribution is -2.39. The topological polar surface area (TPSA) is 61.8 Å². The third kappa shape index (κ3) is 1.52. The maximum absolute atomic E-state index is 12.1. The minimum Gasteiger partial charge on any atom is -0.300 e. The van der Waals surface area contributed by atoms with Crippen molar-refractivity contribution in [3.8, 4) is 11.3 Å². The van der Waals surface area contributed by atoms with E-state index in [1.807, 2.05) is 0 Å². The average molecular weight is 234 g/mol. The van der Waals surface area contributed by atoms with Gasteiger partial charge in [0.2, 0.25) is 0 Å². The first-order valence-electron chi connectivity index (χ1n) is 5.20. The lowest BCUT2D eigenvalue weighted by Gasteiger charge is -2.11. The fourth-order valence-corrected chi connectivity index (χ4v) is 1.86. The monoisotopic (exact) mass is 234 g/mol. The van der Waals surface area contributed by atoms with Crippen molar-refractivity contribution in [3.63, 3.8) is 0 Å². The first-order valence-corrected chi connectivity index (χ1v) is 5.20. The molecule has 0 N–H and O–H groups in total. The van der Waals surface area contributed by atoms with Gasteiger partial charge in [0.15, 0.2) is 0 Å². The number of aromatic nitrogens is 4. The fourth-order valence-electron chi connectivity index (χ4n) is 1.86. The first kappa shape index (κ1) is 11.4. The van der Waals surface area contributed by atoms with E-state index >= 15 is 0 Å². The van der Waals surface area contributed by atoms with Crippen LogP contribution in [0.2, 0.25) is 0 Å². The van der Waals surface area contributed by atoms with E-state index in [4.69, 9.17) is 0 Å². The van der Waals surface area contributed by atoms with Crippen LogP contribution in [-0.4, -0.2) is 18.9 Å². The molecule has 90 valence electrons. The molecule has 6 nitrogen and oxygen atoms in total. The van der Waals surface area contributed by atoms with Crippen molar-refractivity contribution in [1.29, 1.82) is 0 Å². The molecular weight excluding hydrogens is 220 g/mol. The zero-order chi connectivity index (χ0) is 12.7. The van der Waals surface area contributed by atoms with E-state index < -0.39 is 0 Å². The summed E-state index contributed by atoms with van der Waals surface area (Å²) >= 11 is 0. The minimum atomic E-state index is -0.321. The Morgan fingerprint density at radius 3 is 2.29 bits per heavy atom. The summed E-state index contributed by atoms with van der Waals surface area (Å²) in [5, 5.41) is 4.04. The van der Waals surface area contributed by atoms with E-state index in [-0.39, 0.29) is 11.2 Å². The zero-order valence-corrected chi connectivity index (χ0v) is 10.3. The van der Waals surface area contributed by atoms with Gasteiger partial charge in [0.25, 0.3) is 5.56 Å². The van der Waals surface area contributed by atoms with Crippen LogP contribution in [-0.2, 0) is 21.1 Å². The predicted molar refractivity (Wildman–Crippen MR) is 63.9 cm³/mol. The van der Waals surface area contributed by atoms with Gasteiger partial charge in [-0.2, -0.15) is 5.10 Å². The molecular formula is C11H14N4O2. The third-order valence-corrected chi connectivity index (χ3v) is 3.03. The van der Waals surface area contributed by atoms with Gasteiger partial charge in [-0.3, -0.25) is 14.0 Å². The van der Waals surface area contributed by atoms with Crippen molar-refractivity contribution in [1.82, 2.24) is 18.9 Å². The molecule has 0 unspecified atom stereocenters. The molecule has 17 heavy (non-hydrogen) atoms. The van der Waals surface area contributed by atoms with Crippen LogP contribution in [0, 0.1) is 6.92 Å². The van der Waals surface area contributed by atoms with Crippen molar-refractivity contribution in [3.05, 3.63) is 38.8 Å². The van der Waals surface area contributed by atoms with Crippen molar-refractivity contribution in [2.24, 2.45) is 21.1 Å². The number of aryl methyl sites for hydroxylation is 1. The van der Waals surface area contributed by atoms with Crippen molar-refractivity contribution in [2.75, 3.05) is 0 Å². The van der Waals surface area contributed by atoms with Crippen molar-refractivity contribution in [2.45, 2.75) is 6.92 Å². The molecule has 0 bridgehead atoms. The second kappa shape index (κ2) is 3.73. The Balaban J connectivity index is 2.94. The Morgan fingerprint density at radius 2 is 1.76 bits per heavy atom. The van der Waals surface area contributed by atoms with E-state index in [0.29, 0.717) is 17.0 Å². The van der Waals surface area contributed by atoms with Gasteiger partial charge in [0.1, 0.15) is 0 Å². The Labute approximate surface area is 97.7 Å². The summed E-state index contributed by atoms with van der Waals surface area (Å²) in [6.07, 6.45) is 1.62. The number of hydrogen-bond donors (Lipinski definition) is 0. The highest BCUT2D eigenvalue weighted by Gasteiger charge is 2.16. The SMILES string of the molecule is Cc1c(-c2ccnn2C)c(=O)n(C)c(=O)n1C. The van der Waals surface area contributed by atoms with E-state index in [1.54, 1.807) is 38.0 Å². The second-order valence-corrected chi connectivity index (χ2v) is 4.01. The molecule has 2 heterocycles. The van der Waals surface area contributed by atoms with Gasteiger partial charge in [0, 0.05) is 33.0 Å². The second-order valence-electron chi connectivity index (χ2n) is 4.01. The van der Waals surface area contributed by atoms with Crippen LogP contribution in [0.25, 0.3) is 11.3 Å². The lowest BCUT2D eigenvalue weighted by molar-refractivity contribution is 0.666. The predicted octanol–water partition coefficient (Wildman–Crippen LogP) is -0.207. The molecule has 6 heteroatoms. The van der Waals surface area contributed by atoms with Crippen LogP contribution in [0.5, 0.6) is 0 Å². The molecule has 0 aliphatic rings. The maximum atomic E-state index is 12.1. The van der Waals surface area contributed by atoms with E-state index in [0.717, 1.165) is 4.57 Å². The summed E-state index contributed by atoms with van der Waals surface area (Å²) in [6, 6.07) is 1.76. The maximum Gasteiger partial charge on any atom is 0.330 e. The highest BCUT2D eigenvalue weighted by molar-refractivity contribution is 5.60. The third-order valence-electron chi connectivity index (χ3n) is 3.03. The van der Waals surface area contributed by atoms with Gasteiger partial charge in [0.05, 0.1) is 11.3 Å². The normalized spacial score (nSPS) is 10.8. The van der Waals surface area contributed by atoms with Crippen molar-refractivity contribution >= 4 is 0 Å². The van der Waals surface area contributed by atoms with Gasteiger partial charge >= 0.3 is 5.69 Å². The van der Waals surface area contributed by atoms with Gasteiger partial charge in [-0.25, -0.2) is 4.79 Å². The minimum absolute atomic E-state index is 0.297. The quantitative estimate of drug-likeness (QED) is 0.686. The summed E-state index contributed by atoms with van der Waals surface area (Å²) in [4.78, 5) is 23.8. The summed E-state index contributed by atoms with van der Waals surface area (Å²) < 4.78 is 4.19. The zero-order valence-electron chi connectivity index (χ0n) is 10.3. The van der Waals surface area contributed by atoms with E-state index in [9.17, 15) is 9.59 Å². The number of hydrogen-bond acceptors (Lipinski definition) is 3. The van der Waals surface area contributed by atoms with Crippen molar-refractivity contribution < 1.29 is 0 Å². The summed E-state index contributed by atoms with van der Waals surface area (Å²) in [6.45, 7) is 1.76. The summed E-state index contributed by atoms with van der Waals surface area (Å²) in [5.41, 5.74) is 1.24. The highest BCUT2D eigenvalue weighted by atomic mass is 16.2.